The zero-order valence-corrected chi connectivity index (χ0v) is 22.2. The first-order chi connectivity index (χ1) is 14.9. The largest absolute Gasteiger partial charge is 0.335 e. The van der Waals surface area contributed by atoms with Gasteiger partial charge in [-0.05, 0) is 97.7 Å². The van der Waals surface area contributed by atoms with E-state index in [1.165, 1.54) is 56.9 Å². The van der Waals surface area contributed by atoms with Crippen LogP contribution in [-0.2, 0) is 9.09 Å². The molecule has 0 bridgehead atoms. The summed E-state index contributed by atoms with van der Waals surface area (Å²) < 4.78 is 17.4. The smallest absolute Gasteiger partial charge is 0.303 e. The topological polar surface area (TPSA) is 78.3 Å². The second-order valence-electron chi connectivity index (χ2n) is 12.9. The number of hydrogen-bond acceptors (Lipinski definition) is 2. The van der Waals surface area contributed by atoms with Crippen LogP contribution in [0.1, 0.15) is 105 Å². The van der Waals surface area contributed by atoms with Crippen molar-refractivity contribution >= 4 is 7.67 Å². The summed E-state index contributed by atoms with van der Waals surface area (Å²) in [5, 5.41) is 0. The van der Waals surface area contributed by atoms with Gasteiger partial charge in [0.2, 0.25) is 0 Å². The highest BCUT2D eigenvalue weighted by molar-refractivity contribution is 7.53. The monoisotopic (exact) mass is 464 g/mol. The van der Waals surface area contributed by atoms with E-state index in [4.69, 9.17) is 15.5 Å². The molecular formula is C27H49N2O2P. The number of allylic oxidation sites excluding steroid dienone is 1. The fourth-order valence-corrected chi connectivity index (χ4v) is 9.62. The molecule has 3 fully saturated rings. The average Bonchev–Trinajstić information content (AvgIpc) is 3.04. The fourth-order valence-electron chi connectivity index (χ4n) is 8.98. The highest BCUT2D eigenvalue weighted by atomic mass is 31.2. The zero-order valence-electron chi connectivity index (χ0n) is 21.3. The third-order valence-electron chi connectivity index (χ3n) is 10.6. The molecule has 4 N–H and O–H groups in total. The Kier molecular flexibility index (Phi) is 7.13. The normalized spacial score (nSPS) is 42.8. The van der Waals surface area contributed by atoms with Crippen molar-refractivity contribution in [1.82, 2.24) is 0 Å². The predicted octanol–water partition coefficient (Wildman–Crippen LogP) is 7.44. The van der Waals surface area contributed by atoms with Crippen LogP contribution in [0.15, 0.2) is 11.6 Å². The fraction of sp³-hybridized carbons (Fsp3) is 0.926. The van der Waals surface area contributed by atoms with Gasteiger partial charge in [0.05, 0.1) is 6.10 Å². The lowest BCUT2D eigenvalue weighted by Crippen LogP contribution is -2.51. The average molecular weight is 465 g/mol. The van der Waals surface area contributed by atoms with Crippen LogP contribution in [0.25, 0.3) is 0 Å². The van der Waals surface area contributed by atoms with E-state index in [1.807, 2.05) is 0 Å². The van der Waals surface area contributed by atoms with Crippen LogP contribution in [0.5, 0.6) is 0 Å². The number of rotatable bonds is 7. The first kappa shape index (κ1) is 25.0. The van der Waals surface area contributed by atoms with E-state index in [9.17, 15) is 4.57 Å². The number of fused-ring (bicyclic) bond motifs is 5. The van der Waals surface area contributed by atoms with Gasteiger partial charge in [-0.25, -0.2) is 11.0 Å². The molecule has 0 aromatic heterocycles. The second kappa shape index (κ2) is 9.14. The molecule has 0 aliphatic heterocycles. The van der Waals surface area contributed by atoms with E-state index < -0.39 is 7.67 Å². The van der Waals surface area contributed by atoms with E-state index in [0.29, 0.717) is 5.41 Å². The van der Waals surface area contributed by atoms with E-state index in [-0.39, 0.29) is 11.5 Å². The molecule has 4 aliphatic rings. The Balaban J connectivity index is 1.46. The molecule has 0 aromatic rings. The van der Waals surface area contributed by atoms with Crippen LogP contribution in [0.3, 0.4) is 0 Å². The zero-order chi connectivity index (χ0) is 23.3. The van der Waals surface area contributed by atoms with Gasteiger partial charge >= 0.3 is 7.67 Å². The van der Waals surface area contributed by atoms with Gasteiger partial charge in [-0.15, -0.1) is 0 Å². The van der Waals surface area contributed by atoms with Crippen LogP contribution < -0.4 is 11.0 Å². The maximum absolute atomic E-state index is 11.8. The molecule has 4 aliphatic carbocycles. The van der Waals surface area contributed by atoms with Gasteiger partial charge in [0.25, 0.3) is 0 Å². The van der Waals surface area contributed by atoms with Gasteiger partial charge in [-0.1, -0.05) is 65.5 Å². The Bertz CT molecular complexity index is 761. The highest BCUT2D eigenvalue weighted by Gasteiger charge is 2.59. The van der Waals surface area contributed by atoms with E-state index in [0.717, 1.165) is 54.8 Å². The molecule has 184 valence electrons. The van der Waals surface area contributed by atoms with Crippen molar-refractivity contribution < 1.29 is 9.09 Å². The second-order valence-corrected chi connectivity index (χ2v) is 14.4. The van der Waals surface area contributed by atoms with Crippen LogP contribution in [0.2, 0.25) is 0 Å². The molecule has 3 saturated carbocycles. The minimum Gasteiger partial charge on any atom is -0.303 e. The summed E-state index contributed by atoms with van der Waals surface area (Å²) in [6, 6.07) is 0. The first-order valence-corrected chi connectivity index (χ1v) is 15.3. The lowest BCUT2D eigenvalue weighted by molar-refractivity contribution is -0.0558. The molecule has 0 radical (unpaired) electrons. The Labute approximate surface area is 197 Å². The molecule has 0 aromatic carbocycles. The minimum absolute atomic E-state index is 0.0804. The molecule has 1 unspecified atom stereocenters. The molecule has 8 atom stereocenters. The molecule has 0 amide bonds. The maximum atomic E-state index is 11.8. The van der Waals surface area contributed by atoms with Gasteiger partial charge in [-0.3, -0.25) is 4.57 Å². The summed E-state index contributed by atoms with van der Waals surface area (Å²) in [4.78, 5) is 0. The Hall–Kier alpha value is -0.150. The van der Waals surface area contributed by atoms with Crippen molar-refractivity contribution in [3.8, 4) is 0 Å². The molecule has 0 spiro atoms. The SMILES string of the molecule is CC(C)CCCC(C)[C@H]1CC[C@H]2[C@@H]3CC=C4C[C@@H](OP(N)(N)=O)CC[C@]4(C)[C@H]3CC[C@]12C. The van der Waals surface area contributed by atoms with E-state index in [2.05, 4.69) is 40.7 Å². The van der Waals surface area contributed by atoms with Crippen LogP contribution in [0.4, 0.5) is 0 Å². The molecular weight excluding hydrogens is 415 g/mol. The Morgan fingerprint density at radius 2 is 1.81 bits per heavy atom. The third kappa shape index (κ3) is 4.68. The Morgan fingerprint density at radius 1 is 1.06 bits per heavy atom. The summed E-state index contributed by atoms with van der Waals surface area (Å²) in [5.41, 5.74) is 13.4. The highest BCUT2D eigenvalue weighted by Crippen LogP contribution is 2.67. The van der Waals surface area contributed by atoms with E-state index >= 15 is 0 Å². The molecule has 0 saturated heterocycles. The maximum Gasteiger partial charge on any atom is 0.335 e. The van der Waals surface area contributed by atoms with Crippen molar-refractivity contribution in [1.29, 1.82) is 0 Å². The van der Waals surface area contributed by atoms with E-state index in [1.54, 1.807) is 0 Å². The van der Waals surface area contributed by atoms with Crippen molar-refractivity contribution in [3.63, 3.8) is 0 Å². The van der Waals surface area contributed by atoms with Crippen molar-refractivity contribution in [3.05, 3.63) is 11.6 Å². The van der Waals surface area contributed by atoms with Crippen molar-refractivity contribution in [2.75, 3.05) is 0 Å². The standard InChI is InChI=1S/C27H49N2O2P/c1-18(2)7-6-8-19(3)23-11-12-24-22-10-9-20-17-21(31-32(28,29)30)13-15-26(20,4)25(22)14-16-27(23,24)5/h9,18-19,21-25H,6-8,10-17H2,1-5H3,(H4,28,29,30)/t19?,21-,22-,23+,24-,25-,26-,27+/m0/s1. The lowest BCUT2D eigenvalue weighted by atomic mass is 9.47. The summed E-state index contributed by atoms with van der Waals surface area (Å²) in [7, 11) is -3.41. The summed E-state index contributed by atoms with van der Waals surface area (Å²) in [6.07, 6.45) is 16.4. The van der Waals surface area contributed by atoms with Gasteiger partial charge in [0, 0.05) is 0 Å². The van der Waals surface area contributed by atoms with Gasteiger partial charge in [0.1, 0.15) is 0 Å². The van der Waals surface area contributed by atoms with Crippen LogP contribution >= 0.6 is 7.67 Å². The van der Waals surface area contributed by atoms with Crippen molar-refractivity contribution in [2.45, 2.75) is 111 Å². The van der Waals surface area contributed by atoms with Gasteiger partial charge < -0.3 is 4.52 Å². The molecule has 0 heterocycles. The summed E-state index contributed by atoms with van der Waals surface area (Å²) in [6.45, 7) is 12.4. The molecule has 4 rings (SSSR count). The minimum atomic E-state index is -3.41. The third-order valence-corrected chi connectivity index (χ3v) is 11.2. The summed E-state index contributed by atoms with van der Waals surface area (Å²) in [5.74, 6) is 5.11. The first-order valence-electron chi connectivity index (χ1n) is 13.5. The predicted molar refractivity (Wildman–Crippen MR) is 134 cm³/mol. The van der Waals surface area contributed by atoms with Gasteiger partial charge in [0.15, 0.2) is 0 Å². The molecule has 5 heteroatoms. The quantitative estimate of drug-likeness (QED) is 0.303. The lowest BCUT2D eigenvalue weighted by Gasteiger charge is -2.58. The number of hydrogen-bond donors (Lipinski definition) is 2. The van der Waals surface area contributed by atoms with Crippen LogP contribution in [-0.4, -0.2) is 6.10 Å². The Morgan fingerprint density at radius 3 is 2.50 bits per heavy atom. The molecule has 32 heavy (non-hydrogen) atoms. The summed E-state index contributed by atoms with van der Waals surface area (Å²) >= 11 is 0. The molecule has 4 nitrogen and oxygen atoms in total. The van der Waals surface area contributed by atoms with Crippen molar-refractivity contribution in [2.24, 2.45) is 57.3 Å². The number of nitrogens with two attached hydrogens (primary N) is 2. The van der Waals surface area contributed by atoms with Crippen LogP contribution in [0, 0.1) is 46.3 Å². The van der Waals surface area contributed by atoms with Gasteiger partial charge in [-0.2, -0.15) is 0 Å².